The van der Waals surface area contributed by atoms with Gasteiger partial charge in [0.1, 0.15) is 4.32 Å². The first kappa shape index (κ1) is 17.2. The van der Waals surface area contributed by atoms with Crippen LogP contribution in [0.1, 0.15) is 44.9 Å². The van der Waals surface area contributed by atoms with Crippen molar-refractivity contribution in [2.75, 3.05) is 6.54 Å². The molecule has 1 amide bonds. The van der Waals surface area contributed by atoms with Crippen LogP contribution in [0, 0.1) is 5.92 Å². The standard InChI is InChI=1S/C16H21NO3S2/c18-14(19)9-5-2-6-10-17-15(20)13(22-16(17)21)11-12-7-3-1-4-8-12/h1,3,11-12H,2,4-10H2,(H,18,19)/b13-11-. The van der Waals surface area contributed by atoms with Crippen LogP contribution in [0.4, 0.5) is 0 Å². The number of amides is 1. The minimum Gasteiger partial charge on any atom is -0.481 e. The number of allylic oxidation sites excluding steroid dienone is 3. The van der Waals surface area contributed by atoms with E-state index in [9.17, 15) is 9.59 Å². The second kappa shape index (κ2) is 8.48. The lowest BCUT2D eigenvalue weighted by Crippen LogP contribution is -2.29. The third-order valence-corrected chi connectivity index (χ3v) is 5.24. The summed E-state index contributed by atoms with van der Waals surface area (Å²) in [7, 11) is 0. The zero-order valence-electron chi connectivity index (χ0n) is 12.5. The Labute approximate surface area is 140 Å². The van der Waals surface area contributed by atoms with Gasteiger partial charge in [-0.2, -0.15) is 0 Å². The van der Waals surface area contributed by atoms with Crippen LogP contribution >= 0.6 is 24.0 Å². The van der Waals surface area contributed by atoms with Gasteiger partial charge in [-0.15, -0.1) is 0 Å². The minimum absolute atomic E-state index is 0.0165. The average molecular weight is 339 g/mol. The number of hydrogen-bond donors (Lipinski definition) is 1. The van der Waals surface area contributed by atoms with E-state index in [1.807, 2.05) is 0 Å². The number of nitrogens with zero attached hydrogens (tertiary/aromatic N) is 1. The zero-order valence-corrected chi connectivity index (χ0v) is 14.1. The summed E-state index contributed by atoms with van der Waals surface area (Å²) in [5, 5.41) is 8.60. The highest BCUT2D eigenvalue weighted by Gasteiger charge is 2.32. The summed E-state index contributed by atoms with van der Waals surface area (Å²) in [6.07, 6.45) is 12.0. The number of unbranched alkanes of at least 4 members (excludes halogenated alkanes) is 2. The molecule has 6 heteroatoms. The lowest BCUT2D eigenvalue weighted by Gasteiger charge is -2.15. The van der Waals surface area contributed by atoms with Crippen LogP contribution in [-0.2, 0) is 9.59 Å². The summed E-state index contributed by atoms with van der Waals surface area (Å²) >= 11 is 6.70. The maximum Gasteiger partial charge on any atom is 0.303 e. The Kier molecular flexibility index (Phi) is 6.64. The van der Waals surface area contributed by atoms with E-state index >= 15 is 0 Å². The van der Waals surface area contributed by atoms with Crippen LogP contribution in [0.5, 0.6) is 0 Å². The first-order valence-electron chi connectivity index (χ1n) is 7.70. The molecule has 1 aliphatic carbocycles. The van der Waals surface area contributed by atoms with Crippen LogP contribution in [-0.4, -0.2) is 32.7 Å². The number of thioether (sulfide) groups is 1. The zero-order chi connectivity index (χ0) is 15.9. The minimum atomic E-state index is -0.768. The van der Waals surface area contributed by atoms with Gasteiger partial charge in [0.2, 0.25) is 0 Å². The number of aliphatic carboxylic acids is 1. The van der Waals surface area contributed by atoms with Crippen LogP contribution in [0.25, 0.3) is 0 Å². The molecular weight excluding hydrogens is 318 g/mol. The van der Waals surface area contributed by atoms with Gasteiger partial charge in [-0.25, -0.2) is 0 Å². The fraction of sp³-hybridized carbons (Fsp3) is 0.562. The fourth-order valence-electron chi connectivity index (χ4n) is 2.61. The Bertz CT molecular complexity index is 514. The highest BCUT2D eigenvalue weighted by Crippen LogP contribution is 2.34. The molecule has 22 heavy (non-hydrogen) atoms. The van der Waals surface area contributed by atoms with E-state index in [0.29, 0.717) is 23.2 Å². The lowest BCUT2D eigenvalue weighted by atomic mass is 9.94. The summed E-state index contributed by atoms with van der Waals surface area (Å²) in [5.74, 6) is -0.312. The van der Waals surface area contributed by atoms with Gasteiger partial charge in [0.25, 0.3) is 5.91 Å². The Morgan fingerprint density at radius 2 is 2.23 bits per heavy atom. The second-order valence-electron chi connectivity index (χ2n) is 5.60. The largest absolute Gasteiger partial charge is 0.481 e. The van der Waals surface area contributed by atoms with Gasteiger partial charge in [-0.05, 0) is 38.0 Å². The number of hydrogen-bond acceptors (Lipinski definition) is 4. The van der Waals surface area contributed by atoms with Gasteiger partial charge in [-0.3, -0.25) is 14.5 Å². The van der Waals surface area contributed by atoms with E-state index in [-0.39, 0.29) is 12.3 Å². The number of carbonyl (C=O) groups excluding carboxylic acids is 1. The molecular formula is C16H21NO3S2. The molecule has 1 N–H and O–H groups in total. The molecule has 0 spiro atoms. The molecule has 0 aromatic heterocycles. The predicted octanol–water partition coefficient (Wildman–Crippen LogP) is 3.73. The van der Waals surface area contributed by atoms with E-state index < -0.39 is 5.97 Å². The highest BCUT2D eigenvalue weighted by atomic mass is 32.2. The molecule has 2 rings (SSSR count). The van der Waals surface area contributed by atoms with Crippen molar-refractivity contribution >= 4 is 40.2 Å². The summed E-state index contributed by atoms with van der Waals surface area (Å²) in [4.78, 5) is 25.3. The fourth-order valence-corrected chi connectivity index (χ4v) is 3.99. The third kappa shape index (κ3) is 4.95. The average Bonchev–Trinajstić information content (AvgIpc) is 2.75. The summed E-state index contributed by atoms with van der Waals surface area (Å²) in [5.41, 5.74) is 0. The van der Waals surface area contributed by atoms with Crippen molar-refractivity contribution in [2.45, 2.75) is 44.9 Å². The Morgan fingerprint density at radius 3 is 2.91 bits per heavy atom. The van der Waals surface area contributed by atoms with E-state index in [0.717, 1.165) is 37.0 Å². The Balaban J connectivity index is 1.82. The molecule has 1 aliphatic heterocycles. The van der Waals surface area contributed by atoms with Crippen LogP contribution in [0.15, 0.2) is 23.1 Å². The first-order chi connectivity index (χ1) is 10.6. The Hall–Kier alpha value is -1.14. The van der Waals surface area contributed by atoms with Gasteiger partial charge >= 0.3 is 5.97 Å². The molecule has 0 bridgehead atoms. The van der Waals surface area contributed by atoms with Gasteiger partial charge < -0.3 is 5.11 Å². The maximum absolute atomic E-state index is 12.4. The molecule has 0 saturated carbocycles. The number of rotatable bonds is 7. The molecule has 4 nitrogen and oxygen atoms in total. The maximum atomic E-state index is 12.4. The second-order valence-corrected chi connectivity index (χ2v) is 7.28. The predicted molar refractivity (Wildman–Crippen MR) is 92.6 cm³/mol. The van der Waals surface area contributed by atoms with Crippen molar-refractivity contribution in [3.63, 3.8) is 0 Å². The van der Waals surface area contributed by atoms with E-state index in [1.54, 1.807) is 4.90 Å². The number of carboxylic acids is 1. The molecule has 1 heterocycles. The molecule has 0 radical (unpaired) electrons. The van der Waals surface area contributed by atoms with E-state index in [2.05, 4.69) is 18.2 Å². The molecule has 1 unspecified atom stereocenters. The van der Waals surface area contributed by atoms with Crippen LogP contribution in [0.3, 0.4) is 0 Å². The first-order valence-corrected chi connectivity index (χ1v) is 8.92. The lowest BCUT2D eigenvalue weighted by molar-refractivity contribution is -0.137. The van der Waals surface area contributed by atoms with Gasteiger partial charge in [0.05, 0.1) is 4.91 Å². The molecule has 1 saturated heterocycles. The molecule has 1 fully saturated rings. The number of carbonyl (C=O) groups is 2. The van der Waals surface area contributed by atoms with Crippen molar-refractivity contribution < 1.29 is 14.7 Å². The van der Waals surface area contributed by atoms with Crippen molar-refractivity contribution in [2.24, 2.45) is 5.92 Å². The van der Waals surface area contributed by atoms with Crippen molar-refractivity contribution in [3.05, 3.63) is 23.1 Å². The highest BCUT2D eigenvalue weighted by molar-refractivity contribution is 8.26. The van der Waals surface area contributed by atoms with Crippen molar-refractivity contribution in [1.29, 1.82) is 0 Å². The third-order valence-electron chi connectivity index (χ3n) is 3.84. The SMILES string of the molecule is O=C(O)CCCCCN1C(=O)/C(=C/C2CC=CCC2)SC1=S. The molecule has 1 atom stereocenters. The topological polar surface area (TPSA) is 57.6 Å². The smallest absolute Gasteiger partial charge is 0.303 e. The van der Waals surface area contributed by atoms with E-state index in [4.69, 9.17) is 17.3 Å². The molecule has 0 aromatic carbocycles. The monoisotopic (exact) mass is 339 g/mol. The molecule has 120 valence electrons. The normalized spacial score (nSPS) is 23.5. The van der Waals surface area contributed by atoms with Crippen LogP contribution < -0.4 is 0 Å². The number of carboxylic acid groups (broad SMARTS) is 1. The summed E-state index contributed by atoms with van der Waals surface area (Å²) < 4.78 is 0.626. The van der Waals surface area contributed by atoms with Gasteiger partial charge in [-0.1, -0.05) is 48.6 Å². The van der Waals surface area contributed by atoms with E-state index in [1.165, 1.54) is 11.8 Å². The quantitative estimate of drug-likeness (QED) is 0.331. The summed E-state index contributed by atoms with van der Waals surface area (Å²) in [6.45, 7) is 0.589. The molecule has 0 aromatic rings. The molecule has 2 aliphatic rings. The Morgan fingerprint density at radius 1 is 1.41 bits per heavy atom. The van der Waals surface area contributed by atoms with Crippen LogP contribution in [0.2, 0.25) is 0 Å². The van der Waals surface area contributed by atoms with Crippen molar-refractivity contribution in [1.82, 2.24) is 4.90 Å². The number of thiocarbonyl (C=S) groups is 1. The van der Waals surface area contributed by atoms with Crippen molar-refractivity contribution in [3.8, 4) is 0 Å². The summed E-state index contributed by atoms with van der Waals surface area (Å²) in [6, 6.07) is 0. The van der Waals surface area contributed by atoms with Gasteiger partial charge in [0.15, 0.2) is 0 Å². The van der Waals surface area contributed by atoms with Gasteiger partial charge in [0, 0.05) is 13.0 Å².